The zero-order valence-corrected chi connectivity index (χ0v) is 11.4. The highest BCUT2D eigenvalue weighted by molar-refractivity contribution is 6.21. The Labute approximate surface area is 108 Å². The van der Waals surface area contributed by atoms with Crippen LogP contribution >= 0.6 is 0 Å². The van der Waals surface area contributed by atoms with Crippen LogP contribution in [0.15, 0.2) is 4.99 Å². The zero-order valence-electron chi connectivity index (χ0n) is 11.4. The Hall–Kier alpha value is -1.19. The van der Waals surface area contributed by atoms with Crippen molar-refractivity contribution in [2.75, 3.05) is 6.54 Å². The van der Waals surface area contributed by atoms with E-state index in [1.807, 2.05) is 0 Å². The van der Waals surface area contributed by atoms with E-state index in [0.717, 1.165) is 6.42 Å². The van der Waals surface area contributed by atoms with Crippen molar-refractivity contribution in [3.05, 3.63) is 0 Å². The second-order valence-corrected chi connectivity index (χ2v) is 5.88. The first-order valence-electron chi connectivity index (χ1n) is 6.85. The van der Waals surface area contributed by atoms with Crippen molar-refractivity contribution in [2.24, 2.45) is 22.7 Å². The lowest BCUT2D eigenvalue weighted by Crippen LogP contribution is -2.49. The first-order chi connectivity index (χ1) is 8.49. The summed E-state index contributed by atoms with van der Waals surface area (Å²) in [6.45, 7) is 6.92. The summed E-state index contributed by atoms with van der Waals surface area (Å²) in [6.07, 6.45) is 2.00. The fourth-order valence-corrected chi connectivity index (χ4v) is 2.70. The van der Waals surface area contributed by atoms with Crippen LogP contribution in [0.25, 0.3) is 0 Å². The van der Waals surface area contributed by atoms with E-state index in [2.05, 4.69) is 31.1 Å². The van der Waals surface area contributed by atoms with Crippen LogP contribution in [0.4, 0.5) is 0 Å². The number of rotatable bonds is 2. The molecular weight excluding hydrogens is 228 g/mol. The standard InChI is InChI=1S/C14H22N2O2/c1-8(2)10-6-11(17)13(12(18)7-10)14-15-5-4-9(3)16-14/h8-10,13H,4-7H2,1-3H3,(H,15,16). The van der Waals surface area contributed by atoms with Gasteiger partial charge in [-0.25, -0.2) is 0 Å². The normalized spacial score (nSPS) is 33.3. The number of ketones is 2. The maximum absolute atomic E-state index is 12.2. The van der Waals surface area contributed by atoms with E-state index in [-0.39, 0.29) is 17.5 Å². The molecule has 1 aliphatic heterocycles. The Kier molecular flexibility index (Phi) is 3.83. The fraction of sp³-hybridized carbons (Fsp3) is 0.786. The fourth-order valence-electron chi connectivity index (χ4n) is 2.70. The molecule has 1 atom stereocenters. The highest BCUT2D eigenvalue weighted by Crippen LogP contribution is 2.29. The SMILES string of the molecule is CC1CCN=C(C2C(=O)CC(C(C)C)CC2=O)N1. The third-order valence-electron chi connectivity index (χ3n) is 4.03. The van der Waals surface area contributed by atoms with Gasteiger partial charge in [-0.3, -0.25) is 14.6 Å². The monoisotopic (exact) mass is 250 g/mol. The smallest absolute Gasteiger partial charge is 0.151 e. The topological polar surface area (TPSA) is 58.5 Å². The Morgan fingerprint density at radius 3 is 2.33 bits per heavy atom. The van der Waals surface area contributed by atoms with Gasteiger partial charge in [0.2, 0.25) is 0 Å². The zero-order chi connectivity index (χ0) is 13.3. The van der Waals surface area contributed by atoms with Gasteiger partial charge < -0.3 is 5.32 Å². The molecule has 18 heavy (non-hydrogen) atoms. The van der Waals surface area contributed by atoms with Gasteiger partial charge >= 0.3 is 0 Å². The Morgan fingerprint density at radius 1 is 1.22 bits per heavy atom. The summed E-state index contributed by atoms with van der Waals surface area (Å²) in [6, 6.07) is 0.306. The largest absolute Gasteiger partial charge is 0.370 e. The van der Waals surface area contributed by atoms with E-state index in [1.165, 1.54) is 0 Å². The molecule has 0 radical (unpaired) electrons. The predicted octanol–water partition coefficient (Wildman–Crippen LogP) is 1.59. The molecule has 4 nitrogen and oxygen atoms in total. The van der Waals surface area contributed by atoms with Crippen LogP contribution < -0.4 is 5.32 Å². The average Bonchev–Trinajstić information content (AvgIpc) is 2.27. The molecule has 0 amide bonds. The van der Waals surface area contributed by atoms with E-state index in [4.69, 9.17) is 0 Å². The van der Waals surface area contributed by atoms with Crippen molar-refractivity contribution >= 4 is 17.4 Å². The van der Waals surface area contributed by atoms with Gasteiger partial charge in [0.25, 0.3) is 0 Å². The highest BCUT2D eigenvalue weighted by atomic mass is 16.2. The lowest BCUT2D eigenvalue weighted by molar-refractivity contribution is -0.135. The van der Waals surface area contributed by atoms with Crippen LogP contribution in [-0.4, -0.2) is 30.0 Å². The van der Waals surface area contributed by atoms with Gasteiger partial charge in [0.15, 0.2) is 11.6 Å². The number of nitrogens with zero attached hydrogens (tertiary/aromatic N) is 1. The van der Waals surface area contributed by atoms with Crippen molar-refractivity contribution in [1.82, 2.24) is 5.32 Å². The van der Waals surface area contributed by atoms with E-state index < -0.39 is 5.92 Å². The van der Waals surface area contributed by atoms with Crippen LogP contribution in [0.1, 0.15) is 40.0 Å². The molecule has 0 aromatic heterocycles. The van der Waals surface area contributed by atoms with Crippen molar-refractivity contribution < 1.29 is 9.59 Å². The predicted molar refractivity (Wildman–Crippen MR) is 70.6 cm³/mol. The molecule has 2 rings (SSSR count). The van der Waals surface area contributed by atoms with Gasteiger partial charge in [0.05, 0.1) is 0 Å². The third kappa shape index (κ3) is 2.62. The number of carbonyl (C=O) groups excluding carboxylic acids is 2. The maximum Gasteiger partial charge on any atom is 0.151 e. The molecule has 1 heterocycles. The van der Waals surface area contributed by atoms with Crippen molar-refractivity contribution in [2.45, 2.75) is 46.1 Å². The van der Waals surface area contributed by atoms with Crippen molar-refractivity contribution in [1.29, 1.82) is 0 Å². The second-order valence-electron chi connectivity index (χ2n) is 5.88. The summed E-state index contributed by atoms with van der Waals surface area (Å²) in [7, 11) is 0. The van der Waals surface area contributed by atoms with Crippen LogP contribution in [0.5, 0.6) is 0 Å². The van der Waals surface area contributed by atoms with Crippen LogP contribution in [0.3, 0.4) is 0 Å². The van der Waals surface area contributed by atoms with Gasteiger partial charge in [-0.05, 0) is 25.2 Å². The molecule has 4 heteroatoms. The van der Waals surface area contributed by atoms with E-state index in [1.54, 1.807) is 0 Å². The molecule has 0 aromatic carbocycles. The molecule has 0 saturated heterocycles. The van der Waals surface area contributed by atoms with Gasteiger partial charge in [-0.2, -0.15) is 0 Å². The van der Waals surface area contributed by atoms with Crippen LogP contribution in [-0.2, 0) is 9.59 Å². The number of hydrogen-bond donors (Lipinski definition) is 1. The molecule has 100 valence electrons. The summed E-state index contributed by atoms with van der Waals surface area (Å²) >= 11 is 0. The van der Waals surface area contributed by atoms with Crippen molar-refractivity contribution in [3.8, 4) is 0 Å². The number of nitrogens with one attached hydrogen (secondary N) is 1. The van der Waals surface area contributed by atoms with Crippen LogP contribution in [0.2, 0.25) is 0 Å². The molecule has 0 aromatic rings. The maximum atomic E-state index is 12.2. The molecule has 1 unspecified atom stereocenters. The van der Waals surface area contributed by atoms with Gasteiger partial charge in [-0.1, -0.05) is 13.8 Å². The molecule has 2 aliphatic rings. The third-order valence-corrected chi connectivity index (χ3v) is 4.03. The Morgan fingerprint density at radius 2 is 1.83 bits per heavy atom. The quantitative estimate of drug-likeness (QED) is 0.757. The number of amidine groups is 1. The lowest BCUT2D eigenvalue weighted by Gasteiger charge is -2.32. The second kappa shape index (κ2) is 5.21. The lowest BCUT2D eigenvalue weighted by atomic mass is 9.74. The van der Waals surface area contributed by atoms with E-state index in [9.17, 15) is 9.59 Å². The minimum absolute atomic E-state index is 0.0466. The first-order valence-corrected chi connectivity index (χ1v) is 6.85. The summed E-state index contributed by atoms with van der Waals surface area (Å²) in [4.78, 5) is 28.7. The molecule has 0 spiro atoms. The average molecular weight is 250 g/mol. The minimum Gasteiger partial charge on any atom is -0.370 e. The molecule has 1 fully saturated rings. The molecular formula is C14H22N2O2. The number of hydrogen-bond acceptors (Lipinski definition) is 4. The summed E-state index contributed by atoms with van der Waals surface area (Å²) in [5, 5.41) is 3.20. The Bertz CT molecular complexity index is 369. The van der Waals surface area contributed by atoms with Crippen molar-refractivity contribution in [3.63, 3.8) is 0 Å². The number of aliphatic imine (C=N–C) groups is 1. The van der Waals surface area contributed by atoms with E-state index in [0.29, 0.717) is 37.2 Å². The Balaban J connectivity index is 2.13. The number of Topliss-reactive ketones (excluding diaryl/α,β-unsaturated/α-hetero) is 2. The first kappa shape index (κ1) is 13.2. The minimum atomic E-state index is -0.609. The summed E-state index contributed by atoms with van der Waals surface area (Å²) in [5.74, 6) is 0.700. The summed E-state index contributed by atoms with van der Waals surface area (Å²) in [5.41, 5.74) is 0. The van der Waals surface area contributed by atoms with Crippen LogP contribution in [0, 0.1) is 17.8 Å². The molecule has 1 aliphatic carbocycles. The highest BCUT2D eigenvalue weighted by Gasteiger charge is 2.40. The molecule has 1 saturated carbocycles. The molecule has 1 N–H and O–H groups in total. The molecule has 0 bridgehead atoms. The van der Waals surface area contributed by atoms with Gasteiger partial charge in [0.1, 0.15) is 11.8 Å². The van der Waals surface area contributed by atoms with Gasteiger partial charge in [-0.15, -0.1) is 0 Å². The summed E-state index contributed by atoms with van der Waals surface area (Å²) < 4.78 is 0. The van der Waals surface area contributed by atoms with Gasteiger partial charge in [0, 0.05) is 25.4 Å². The number of carbonyl (C=O) groups is 2. The van der Waals surface area contributed by atoms with E-state index >= 15 is 0 Å².